The van der Waals surface area contributed by atoms with Crippen molar-refractivity contribution in [1.82, 2.24) is 15.3 Å². The molecule has 0 radical (unpaired) electrons. The van der Waals surface area contributed by atoms with E-state index >= 15 is 0 Å². The summed E-state index contributed by atoms with van der Waals surface area (Å²) in [5.74, 6) is -0.440. The molecule has 0 saturated carbocycles. The molecule has 8 nitrogen and oxygen atoms in total. The van der Waals surface area contributed by atoms with E-state index in [4.69, 9.17) is 9.47 Å². The van der Waals surface area contributed by atoms with Crippen LogP contribution < -0.4 is 10.6 Å². The van der Waals surface area contributed by atoms with Crippen LogP contribution in [0.2, 0.25) is 0 Å². The Hall–Kier alpha value is -3.30. The maximum absolute atomic E-state index is 12.8. The number of nitrogens with one attached hydrogen (secondary N) is 2. The first kappa shape index (κ1) is 25.3. The highest BCUT2D eigenvalue weighted by Gasteiger charge is 2.25. The molecule has 0 unspecified atom stereocenters. The zero-order valence-electron chi connectivity index (χ0n) is 20.3. The minimum Gasteiger partial charge on any atom is -0.444 e. The van der Waals surface area contributed by atoms with Crippen LogP contribution in [0.3, 0.4) is 0 Å². The molecule has 180 valence electrons. The SMILES string of the molecule is COC[C@H](NC(=O)OC(C)(C)C)C(=O)Nc1nc(-c2cccc(-c3cc(C)nc(C)c3)c2)cs1. The summed E-state index contributed by atoms with van der Waals surface area (Å²) < 4.78 is 10.3. The Labute approximate surface area is 203 Å². The van der Waals surface area contributed by atoms with E-state index in [9.17, 15) is 9.59 Å². The van der Waals surface area contributed by atoms with Gasteiger partial charge in [-0.3, -0.25) is 9.78 Å². The standard InChI is InChI=1S/C25H30N4O4S/c1-15-10-19(11-16(2)26-15)17-8-7-9-18(12-17)21-14-34-23(27-21)29-22(30)20(13-32-6)28-24(31)33-25(3,4)5/h7-12,14,20H,13H2,1-6H3,(H,28,31)(H,27,29,30)/t20-/m0/s1. The van der Waals surface area contributed by atoms with Crippen molar-refractivity contribution in [2.24, 2.45) is 0 Å². The van der Waals surface area contributed by atoms with Crippen LogP contribution in [0.25, 0.3) is 22.4 Å². The lowest BCUT2D eigenvalue weighted by Gasteiger charge is -2.22. The Kier molecular flexibility index (Phi) is 8.01. The molecular formula is C25H30N4O4S. The van der Waals surface area contributed by atoms with Gasteiger partial charge in [-0.15, -0.1) is 11.3 Å². The smallest absolute Gasteiger partial charge is 0.408 e. The van der Waals surface area contributed by atoms with Crippen LogP contribution in [0.15, 0.2) is 41.8 Å². The molecule has 2 N–H and O–H groups in total. The summed E-state index contributed by atoms with van der Waals surface area (Å²) in [6.07, 6.45) is -0.692. The number of carbonyl (C=O) groups is 2. The summed E-state index contributed by atoms with van der Waals surface area (Å²) in [5, 5.41) is 7.60. The lowest BCUT2D eigenvalue weighted by molar-refractivity contribution is -0.119. The lowest BCUT2D eigenvalue weighted by atomic mass is 10.0. The molecule has 3 aromatic rings. The largest absolute Gasteiger partial charge is 0.444 e. The zero-order valence-corrected chi connectivity index (χ0v) is 21.1. The number of hydrogen-bond donors (Lipinski definition) is 2. The van der Waals surface area contributed by atoms with Gasteiger partial charge in [-0.1, -0.05) is 18.2 Å². The summed E-state index contributed by atoms with van der Waals surface area (Å²) >= 11 is 1.31. The van der Waals surface area contributed by atoms with E-state index in [2.05, 4.69) is 26.7 Å². The zero-order chi connectivity index (χ0) is 24.9. The highest BCUT2D eigenvalue weighted by Crippen LogP contribution is 2.29. The fourth-order valence-electron chi connectivity index (χ4n) is 3.31. The van der Waals surface area contributed by atoms with Crippen molar-refractivity contribution < 1.29 is 19.1 Å². The molecule has 0 bridgehead atoms. The van der Waals surface area contributed by atoms with E-state index in [1.165, 1.54) is 18.4 Å². The van der Waals surface area contributed by atoms with Gasteiger partial charge in [0.2, 0.25) is 0 Å². The topological polar surface area (TPSA) is 102 Å². The fraction of sp³-hybridized carbons (Fsp3) is 0.360. The second kappa shape index (κ2) is 10.8. The first-order chi connectivity index (χ1) is 16.0. The molecule has 0 aliphatic rings. The Morgan fingerprint density at radius 3 is 2.35 bits per heavy atom. The maximum Gasteiger partial charge on any atom is 0.408 e. The molecule has 9 heteroatoms. The number of anilines is 1. The van der Waals surface area contributed by atoms with Gasteiger partial charge in [0, 0.05) is 29.4 Å². The van der Waals surface area contributed by atoms with Crippen molar-refractivity contribution in [3.05, 3.63) is 53.2 Å². The van der Waals surface area contributed by atoms with Gasteiger partial charge in [0.05, 0.1) is 12.3 Å². The molecule has 0 saturated heterocycles. The summed E-state index contributed by atoms with van der Waals surface area (Å²) in [6.45, 7) is 9.20. The van der Waals surface area contributed by atoms with E-state index in [1.54, 1.807) is 20.8 Å². The van der Waals surface area contributed by atoms with E-state index in [-0.39, 0.29) is 6.61 Å². The van der Waals surface area contributed by atoms with Crippen molar-refractivity contribution in [2.45, 2.75) is 46.3 Å². The van der Waals surface area contributed by atoms with E-state index in [0.29, 0.717) is 5.13 Å². The molecule has 0 aliphatic carbocycles. The van der Waals surface area contributed by atoms with Gasteiger partial charge in [0.1, 0.15) is 11.6 Å². The Morgan fingerprint density at radius 1 is 1.03 bits per heavy atom. The number of alkyl carbamates (subject to hydrolysis) is 1. The molecule has 1 aromatic carbocycles. The highest BCUT2D eigenvalue weighted by atomic mass is 32.1. The Bertz CT molecular complexity index is 1150. The number of nitrogens with zero attached hydrogens (tertiary/aromatic N) is 2. The molecule has 2 amide bonds. The van der Waals surface area contributed by atoms with E-state index < -0.39 is 23.6 Å². The second-order valence-corrected chi connectivity index (χ2v) is 9.76. The number of benzene rings is 1. The third-order valence-electron chi connectivity index (χ3n) is 4.65. The van der Waals surface area contributed by atoms with Gasteiger partial charge in [-0.25, -0.2) is 9.78 Å². The second-order valence-electron chi connectivity index (χ2n) is 8.90. The number of thiazole rings is 1. The van der Waals surface area contributed by atoms with Crippen molar-refractivity contribution >= 4 is 28.5 Å². The number of amides is 2. The van der Waals surface area contributed by atoms with Crippen molar-refractivity contribution in [2.75, 3.05) is 19.0 Å². The molecule has 3 rings (SSSR count). The van der Waals surface area contributed by atoms with Crippen molar-refractivity contribution in [3.63, 3.8) is 0 Å². The summed E-state index contributed by atoms with van der Waals surface area (Å²) in [4.78, 5) is 33.8. The number of aryl methyl sites for hydroxylation is 2. The molecule has 0 aliphatic heterocycles. The third kappa shape index (κ3) is 7.10. The molecule has 34 heavy (non-hydrogen) atoms. The summed E-state index contributed by atoms with van der Waals surface area (Å²) in [7, 11) is 1.46. The van der Waals surface area contributed by atoms with Gasteiger partial charge in [-0.2, -0.15) is 0 Å². The first-order valence-corrected chi connectivity index (χ1v) is 11.7. The Morgan fingerprint density at radius 2 is 1.71 bits per heavy atom. The molecular weight excluding hydrogens is 452 g/mol. The predicted octanol–water partition coefficient (Wildman–Crippen LogP) is 4.97. The summed E-state index contributed by atoms with van der Waals surface area (Å²) in [6, 6.07) is 11.2. The molecule has 0 fully saturated rings. The van der Waals surface area contributed by atoms with Crippen LogP contribution in [0.5, 0.6) is 0 Å². The number of carbonyl (C=O) groups excluding carboxylic acids is 2. The number of rotatable bonds is 7. The average Bonchev–Trinajstić information content (AvgIpc) is 3.20. The van der Waals surface area contributed by atoms with Gasteiger partial charge in [0.25, 0.3) is 5.91 Å². The van der Waals surface area contributed by atoms with Crippen LogP contribution >= 0.6 is 11.3 Å². The van der Waals surface area contributed by atoms with Gasteiger partial charge in [0.15, 0.2) is 5.13 Å². The number of ether oxygens (including phenoxy) is 2. The highest BCUT2D eigenvalue weighted by molar-refractivity contribution is 7.14. The van der Waals surface area contributed by atoms with Crippen molar-refractivity contribution in [3.8, 4) is 22.4 Å². The molecule has 1 atom stereocenters. The number of pyridine rings is 1. The minimum atomic E-state index is -0.923. The van der Waals surface area contributed by atoms with E-state index in [1.807, 2.05) is 49.6 Å². The van der Waals surface area contributed by atoms with E-state index in [0.717, 1.165) is 33.8 Å². The maximum atomic E-state index is 12.8. The molecule has 0 spiro atoms. The molecule has 2 aromatic heterocycles. The van der Waals surface area contributed by atoms with Gasteiger partial charge < -0.3 is 20.1 Å². The monoisotopic (exact) mass is 482 g/mol. The quantitative estimate of drug-likeness (QED) is 0.493. The summed E-state index contributed by atoms with van der Waals surface area (Å²) in [5.41, 5.74) is 5.08. The van der Waals surface area contributed by atoms with Gasteiger partial charge in [-0.05, 0) is 63.9 Å². The van der Waals surface area contributed by atoms with Crippen LogP contribution in [-0.2, 0) is 14.3 Å². The van der Waals surface area contributed by atoms with Crippen LogP contribution in [0, 0.1) is 13.8 Å². The number of aromatic nitrogens is 2. The third-order valence-corrected chi connectivity index (χ3v) is 5.41. The average molecular weight is 483 g/mol. The van der Waals surface area contributed by atoms with Crippen LogP contribution in [0.1, 0.15) is 32.2 Å². The number of hydrogen-bond acceptors (Lipinski definition) is 7. The molecule has 2 heterocycles. The minimum absolute atomic E-state index is 0.00385. The van der Waals surface area contributed by atoms with Crippen molar-refractivity contribution in [1.29, 1.82) is 0 Å². The Balaban J connectivity index is 1.73. The fourth-order valence-corrected chi connectivity index (χ4v) is 4.04. The van der Waals surface area contributed by atoms with Crippen LogP contribution in [-0.4, -0.2) is 47.3 Å². The van der Waals surface area contributed by atoms with Gasteiger partial charge >= 0.3 is 6.09 Å². The first-order valence-electron chi connectivity index (χ1n) is 10.8. The van der Waals surface area contributed by atoms with Crippen LogP contribution in [0.4, 0.5) is 9.93 Å². The number of methoxy groups -OCH3 is 1. The lowest BCUT2D eigenvalue weighted by Crippen LogP contribution is -2.48. The normalized spacial score (nSPS) is 12.2. The predicted molar refractivity (Wildman–Crippen MR) is 134 cm³/mol.